The van der Waals surface area contributed by atoms with Crippen LogP contribution in [0.1, 0.15) is 0 Å². The second-order valence-corrected chi connectivity index (χ2v) is 6.99. The molecule has 0 saturated carbocycles. The molecule has 0 radical (unpaired) electrons. The topological polar surface area (TPSA) is 31.4 Å². The molecular formula is C23H19NO2S. The summed E-state index contributed by atoms with van der Waals surface area (Å²) in [6.45, 7) is 0. The molecule has 0 bridgehead atoms. The van der Waals surface area contributed by atoms with E-state index in [1.807, 2.05) is 42.5 Å². The number of benzene rings is 3. The van der Waals surface area contributed by atoms with Crippen LogP contribution in [0.25, 0.3) is 32.3 Å². The molecule has 0 aliphatic rings. The molecule has 0 aliphatic heterocycles. The molecule has 4 heteroatoms. The van der Waals surface area contributed by atoms with Crippen LogP contribution in [0.2, 0.25) is 0 Å². The van der Waals surface area contributed by atoms with Crippen molar-refractivity contribution in [2.75, 3.05) is 14.2 Å². The summed E-state index contributed by atoms with van der Waals surface area (Å²) >= 11 is 1.66. The van der Waals surface area contributed by atoms with E-state index in [1.54, 1.807) is 25.6 Å². The summed E-state index contributed by atoms with van der Waals surface area (Å²) in [5, 5.41) is 0.906. The average molecular weight is 373 g/mol. The molecule has 0 amide bonds. The van der Waals surface area contributed by atoms with E-state index in [4.69, 9.17) is 14.5 Å². The highest BCUT2D eigenvalue weighted by Crippen LogP contribution is 2.43. The fourth-order valence-electron chi connectivity index (χ4n) is 2.99. The first-order chi connectivity index (χ1) is 13.3. The van der Waals surface area contributed by atoms with E-state index in [0.717, 1.165) is 43.8 Å². The maximum Gasteiger partial charge on any atom is 0.129 e. The van der Waals surface area contributed by atoms with Gasteiger partial charge in [0.1, 0.15) is 16.5 Å². The van der Waals surface area contributed by atoms with Gasteiger partial charge in [-0.25, -0.2) is 4.98 Å². The average Bonchev–Trinajstić information content (AvgIpc) is 3.20. The lowest BCUT2D eigenvalue weighted by molar-refractivity contribution is 0.404. The highest BCUT2D eigenvalue weighted by molar-refractivity contribution is 7.19. The monoisotopic (exact) mass is 373 g/mol. The molecule has 1 heterocycles. The van der Waals surface area contributed by atoms with Crippen molar-refractivity contribution in [2.45, 2.75) is 0 Å². The first-order valence-corrected chi connectivity index (χ1v) is 9.46. The van der Waals surface area contributed by atoms with Crippen LogP contribution in [0.5, 0.6) is 11.5 Å². The first kappa shape index (κ1) is 17.3. The van der Waals surface area contributed by atoms with Crippen molar-refractivity contribution in [3.05, 3.63) is 78.9 Å². The van der Waals surface area contributed by atoms with Gasteiger partial charge < -0.3 is 9.47 Å². The normalized spacial score (nSPS) is 10.6. The Balaban J connectivity index is 1.93. The summed E-state index contributed by atoms with van der Waals surface area (Å²) in [5.41, 5.74) is 4.16. The van der Waals surface area contributed by atoms with Crippen LogP contribution in [-0.2, 0) is 0 Å². The van der Waals surface area contributed by atoms with Crippen LogP contribution in [0.4, 0.5) is 0 Å². The molecule has 0 unspecified atom stereocenters. The number of nitrogens with zero attached hydrogens (tertiary/aromatic N) is 1. The summed E-state index contributed by atoms with van der Waals surface area (Å²) in [4.78, 5) is 6.13. The van der Waals surface area contributed by atoms with Crippen LogP contribution in [-0.4, -0.2) is 19.2 Å². The van der Waals surface area contributed by atoms with Gasteiger partial charge >= 0.3 is 0 Å². The summed E-state index contributed by atoms with van der Waals surface area (Å²) in [6.07, 6.45) is 0. The van der Waals surface area contributed by atoms with Crippen molar-refractivity contribution in [2.24, 2.45) is 0 Å². The Kier molecular flexibility index (Phi) is 4.90. The number of ether oxygens (including phenoxy) is 2. The zero-order chi connectivity index (χ0) is 18.6. The molecule has 0 N–H and O–H groups in total. The number of hydrogen-bond acceptors (Lipinski definition) is 4. The Bertz CT molecular complexity index is 986. The largest absolute Gasteiger partial charge is 0.497 e. The van der Waals surface area contributed by atoms with Crippen molar-refractivity contribution < 1.29 is 9.47 Å². The molecule has 134 valence electrons. The molecule has 4 aromatic rings. The Morgan fingerprint density at radius 1 is 0.741 bits per heavy atom. The number of thiazole rings is 1. The van der Waals surface area contributed by atoms with E-state index in [0.29, 0.717) is 0 Å². The molecule has 3 nitrogen and oxygen atoms in total. The Labute approximate surface area is 162 Å². The van der Waals surface area contributed by atoms with Gasteiger partial charge in [-0.1, -0.05) is 60.7 Å². The lowest BCUT2D eigenvalue weighted by atomic mass is 10.1. The Hall–Kier alpha value is -3.11. The third-order valence-corrected chi connectivity index (χ3v) is 5.49. The van der Waals surface area contributed by atoms with Crippen LogP contribution in [0.15, 0.2) is 78.9 Å². The predicted octanol–water partition coefficient (Wildman–Crippen LogP) is 6.16. The first-order valence-electron chi connectivity index (χ1n) is 8.64. The lowest BCUT2D eigenvalue weighted by Gasteiger charge is -2.08. The van der Waals surface area contributed by atoms with Crippen molar-refractivity contribution >= 4 is 11.3 Å². The van der Waals surface area contributed by atoms with Crippen molar-refractivity contribution in [3.8, 4) is 43.8 Å². The minimum atomic E-state index is 0.781. The quantitative estimate of drug-likeness (QED) is 0.420. The SMILES string of the molecule is COc1ccc(OC)c(-c2nc(-c3ccccc3)c(-c3ccccc3)s2)c1. The molecule has 0 saturated heterocycles. The van der Waals surface area contributed by atoms with Crippen LogP contribution in [0.3, 0.4) is 0 Å². The minimum absolute atomic E-state index is 0.781. The van der Waals surface area contributed by atoms with Crippen LogP contribution < -0.4 is 9.47 Å². The van der Waals surface area contributed by atoms with E-state index in [-0.39, 0.29) is 0 Å². The van der Waals surface area contributed by atoms with Crippen LogP contribution in [0, 0.1) is 0 Å². The van der Waals surface area contributed by atoms with Crippen molar-refractivity contribution in [3.63, 3.8) is 0 Å². The number of methoxy groups -OCH3 is 2. The maximum atomic E-state index is 5.57. The van der Waals surface area contributed by atoms with Crippen LogP contribution >= 0.6 is 11.3 Å². The van der Waals surface area contributed by atoms with Crippen molar-refractivity contribution in [1.82, 2.24) is 4.98 Å². The van der Waals surface area contributed by atoms with Crippen molar-refractivity contribution in [1.29, 1.82) is 0 Å². The van der Waals surface area contributed by atoms with E-state index in [2.05, 4.69) is 36.4 Å². The maximum absolute atomic E-state index is 5.57. The summed E-state index contributed by atoms with van der Waals surface area (Å²) in [6, 6.07) is 26.4. The molecule has 0 aliphatic carbocycles. The number of rotatable bonds is 5. The van der Waals surface area contributed by atoms with Gasteiger partial charge in [-0.3, -0.25) is 0 Å². The highest BCUT2D eigenvalue weighted by atomic mass is 32.1. The van der Waals surface area contributed by atoms with E-state index in [1.165, 1.54) is 0 Å². The van der Waals surface area contributed by atoms with Gasteiger partial charge in [0.15, 0.2) is 0 Å². The minimum Gasteiger partial charge on any atom is -0.497 e. The fourth-order valence-corrected chi connectivity index (χ4v) is 4.11. The van der Waals surface area contributed by atoms with Gasteiger partial charge in [-0.2, -0.15) is 0 Å². The van der Waals surface area contributed by atoms with E-state index in [9.17, 15) is 0 Å². The zero-order valence-electron chi connectivity index (χ0n) is 15.2. The van der Waals surface area contributed by atoms with Gasteiger partial charge in [0.2, 0.25) is 0 Å². The third-order valence-electron chi connectivity index (χ3n) is 4.35. The predicted molar refractivity (Wildman–Crippen MR) is 112 cm³/mol. The Morgan fingerprint density at radius 3 is 2.04 bits per heavy atom. The smallest absolute Gasteiger partial charge is 0.129 e. The van der Waals surface area contributed by atoms with Gasteiger partial charge in [-0.05, 0) is 23.8 Å². The van der Waals surface area contributed by atoms with E-state index >= 15 is 0 Å². The second kappa shape index (κ2) is 7.64. The molecule has 0 spiro atoms. The molecule has 0 atom stereocenters. The fraction of sp³-hybridized carbons (Fsp3) is 0.0870. The molecule has 27 heavy (non-hydrogen) atoms. The molecule has 0 fully saturated rings. The molecular weight excluding hydrogens is 354 g/mol. The number of aromatic nitrogens is 1. The zero-order valence-corrected chi connectivity index (χ0v) is 16.0. The summed E-state index contributed by atoms with van der Waals surface area (Å²) in [5.74, 6) is 1.56. The van der Waals surface area contributed by atoms with Gasteiger partial charge in [0.05, 0.1) is 30.4 Å². The molecule has 1 aromatic heterocycles. The molecule has 3 aromatic carbocycles. The summed E-state index contributed by atoms with van der Waals surface area (Å²) in [7, 11) is 3.34. The lowest BCUT2D eigenvalue weighted by Crippen LogP contribution is -1.90. The van der Waals surface area contributed by atoms with Gasteiger partial charge in [-0.15, -0.1) is 11.3 Å². The Morgan fingerprint density at radius 2 is 1.41 bits per heavy atom. The van der Waals surface area contributed by atoms with Gasteiger partial charge in [0, 0.05) is 5.56 Å². The molecule has 4 rings (SSSR count). The van der Waals surface area contributed by atoms with E-state index < -0.39 is 0 Å². The second-order valence-electron chi connectivity index (χ2n) is 6.00. The third kappa shape index (κ3) is 3.44. The summed E-state index contributed by atoms with van der Waals surface area (Å²) < 4.78 is 11.0. The standard InChI is InChI=1S/C23H19NO2S/c1-25-18-13-14-20(26-2)19(15-18)23-24-21(16-9-5-3-6-10-16)22(27-23)17-11-7-4-8-12-17/h3-15H,1-2H3. The number of hydrogen-bond donors (Lipinski definition) is 0. The van der Waals surface area contributed by atoms with Gasteiger partial charge in [0.25, 0.3) is 0 Å². The highest BCUT2D eigenvalue weighted by Gasteiger charge is 2.18.